The Morgan fingerprint density at radius 3 is 2.59 bits per heavy atom. The highest BCUT2D eigenvalue weighted by molar-refractivity contribution is 9.11. The summed E-state index contributed by atoms with van der Waals surface area (Å²) in [7, 11) is 0. The molecule has 0 saturated carbocycles. The van der Waals surface area contributed by atoms with Crippen LogP contribution in [0.25, 0.3) is 0 Å². The number of fused-ring (bicyclic) bond motifs is 1. The number of carbonyl (C=O) groups excluding carboxylic acids is 3. The Balaban J connectivity index is 1.39. The molecule has 0 bridgehead atoms. The molecule has 0 spiro atoms. The van der Waals surface area contributed by atoms with Crippen LogP contribution in [0.15, 0.2) is 70.8 Å². The lowest BCUT2D eigenvalue weighted by molar-refractivity contribution is -0.137. The summed E-state index contributed by atoms with van der Waals surface area (Å²) in [5.74, 6) is -1.17. The minimum Gasteiger partial charge on any atom is -0.323 e. The van der Waals surface area contributed by atoms with Crippen LogP contribution in [0.4, 0.5) is 19.0 Å². The van der Waals surface area contributed by atoms with Crippen molar-refractivity contribution < 1.29 is 27.6 Å². The molecule has 1 atom stereocenters. The molecule has 7 nitrogen and oxygen atoms in total. The standard InChI is InChI=1S/C28H19BrClF3N4O3S/c29-23-11-16-10-22(38)21(12-18-3-1-2-8-34-18)37(27(40)25(16)41-23)14-15-4-6-19(20(30)9-15)26(39)36-24-7-5-17(13-35-24)28(31,32)33/h1-9,11,13,21H,10,12,14H2,(H,35,36,39)/t21-/m1/s1. The molecule has 1 aliphatic rings. The number of hydrogen-bond donors (Lipinski definition) is 1. The zero-order valence-corrected chi connectivity index (χ0v) is 24.1. The number of rotatable bonds is 6. The van der Waals surface area contributed by atoms with Crippen molar-refractivity contribution in [3.8, 4) is 0 Å². The molecule has 1 aliphatic heterocycles. The fourth-order valence-electron chi connectivity index (χ4n) is 4.44. The first-order chi connectivity index (χ1) is 19.5. The van der Waals surface area contributed by atoms with Crippen molar-refractivity contribution in [3.63, 3.8) is 0 Å². The fourth-order valence-corrected chi connectivity index (χ4v) is 6.35. The topological polar surface area (TPSA) is 92.3 Å². The van der Waals surface area contributed by atoms with Crippen LogP contribution in [0.1, 0.15) is 42.4 Å². The maximum absolute atomic E-state index is 13.7. The van der Waals surface area contributed by atoms with Gasteiger partial charge in [0.15, 0.2) is 5.78 Å². The third-order valence-corrected chi connectivity index (χ3v) is 8.42. The first-order valence-corrected chi connectivity index (χ1v) is 14.1. The number of amides is 2. The highest BCUT2D eigenvalue weighted by Crippen LogP contribution is 2.34. The highest BCUT2D eigenvalue weighted by Gasteiger charge is 2.37. The molecular weight excluding hydrogens is 645 g/mol. The lowest BCUT2D eigenvalue weighted by Crippen LogP contribution is -2.44. The maximum Gasteiger partial charge on any atom is 0.417 e. The van der Waals surface area contributed by atoms with E-state index in [1.54, 1.807) is 30.5 Å². The van der Waals surface area contributed by atoms with E-state index in [1.807, 2.05) is 6.07 Å². The van der Waals surface area contributed by atoms with Gasteiger partial charge in [-0.1, -0.05) is 23.7 Å². The third kappa shape index (κ3) is 6.50. The second-order valence-electron chi connectivity index (χ2n) is 9.22. The summed E-state index contributed by atoms with van der Waals surface area (Å²) in [5.41, 5.74) is 1.02. The number of benzene rings is 1. The van der Waals surface area contributed by atoms with Crippen molar-refractivity contribution in [1.29, 1.82) is 0 Å². The molecule has 1 aromatic carbocycles. The van der Waals surface area contributed by atoms with E-state index in [1.165, 1.54) is 28.4 Å². The van der Waals surface area contributed by atoms with Gasteiger partial charge in [0.05, 0.1) is 30.9 Å². The molecule has 3 aromatic heterocycles. The first kappa shape index (κ1) is 28.9. The maximum atomic E-state index is 13.7. The van der Waals surface area contributed by atoms with E-state index in [9.17, 15) is 27.6 Å². The average Bonchev–Trinajstić information content (AvgIpc) is 3.26. The van der Waals surface area contributed by atoms with Gasteiger partial charge in [0.25, 0.3) is 11.8 Å². The number of nitrogens with one attached hydrogen (secondary N) is 1. The van der Waals surface area contributed by atoms with Gasteiger partial charge in [0.2, 0.25) is 0 Å². The molecule has 5 rings (SSSR count). The monoisotopic (exact) mass is 662 g/mol. The van der Waals surface area contributed by atoms with Crippen LogP contribution >= 0.6 is 38.9 Å². The quantitative estimate of drug-likeness (QED) is 0.251. The minimum absolute atomic E-state index is 0.0408. The molecule has 1 N–H and O–H groups in total. The summed E-state index contributed by atoms with van der Waals surface area (Å²) in [4.78, 5) is 49.9. The fraction of sp³-hybridized carbons (Fsp3) is 0.179. The number of anilines is 1. The van der Waals surface area contributed by atoms with E-state index in [0.29, 0.717) is 27.9 Å². The minimum atomic E-state index is -4.55. The number of alkyl halides is 3. The smallest absolute Gasteiger partial charge is 0.323 e. The third-order valence-electron chi connectivity index (χ3n) is 6.44. The van der Waals surface area contributed by atoms with Crippen LogP contribution in [0, 0.1) is 0 Å². The molecular formula is C28H19BrClF3N4O3S. The molecule has 2 amide bonds. The summed E-state index contributed by atoms with van der Waals surface area (Å²) in [5, 5.41) is 2.48. The molecule has 13 heteroatoms. The number of halogens is 5. The summed E-state index contributed by atoms with van der Waals surface area (Å²) in [6.07, 6.45) is -1.96. The largest absolute Gasteiger partial charge is 0.417 e. The lowest BCUT2D eigenvalue weighted by atomic mass is 10.0. The Kier molecular flexibility index (Phi) is 8.25. The van der Waals surface area contributed by atoms with Gasteiger partial charge < -0.3 is 10.2 Å². The predicted molar refractivity (Wildman–Crippen MR) is 151 cm³/mol. The Morgan fingerprint density at radius 1 is 1.12 bits per heavy atom. The normalized spacial score (nSPS) is 15.4. The molecule has 0 aliphatic carbocycles. The van der Waals surface area contributed by atoms with Crippen molar-refractivity contribution in [2.45, 2.75) is 31.6 Å². The molecule has 0 saturated heterocycles. The average molecular weight is 664 g/mol. The Bertz CT molecular complexity index is 1630. The predicted octanol–water partition coefficient (Wildman–Crippen LogP) is 6.60. The van der Waals surface area contributed by atoms with Crippen LogP contribution in [0.3, 0.4) is 0 Å². The summed E-state index contributed by atoms with van der Waals surface area (Å²) in [6.45, 7) is 0.0408. The number of Topliss-reactive ketones (excluding diaryl/α,β-unsaturated/α-hetero) is 1. The van der Waals surface area contributed by atoms with Crippen LogP contribution in [-0.2, 0) is 30.4 Å². The number of pyridine rings is 2. The molecule has 0 unspecified atom stereocenters. The van der Waals surface area contributed by atoms with Crippen molar-refractivity contribution >= 4 is 62.3 Å². The first-order valence-electron chi connectivity index (χ1n) is 12.1. The van der Waals surface area contributed by atoms with E-state index in [0.717, 1.165) is 15.9 Å². The zero-order valence-electron chi connectivity index (χ0n) is 20.9. The Labute approximate surface area is 249 Å². The van der Waals surface area contributed by atoms with Gasteiger partial charge in [-0.2, -0.15) is 13.2 Å². The summed E-state index contributed by atoms with van der Waals surface area (Å²) in [6, 6.07) is 12.8. The van der Waals surface area contributed by atoms with Gasteiger partial charge in [-0.15, -0.1) is 11.3 Å². The second-order valence-corrected chi connectivity index (χ2v) is 12.1. The number of ketones is 1. The lowest BCUT2D eigenvalue weighted by Gasteiger charge is -2.29. The van der Waals surface area contributed by atoms with E-state index >= 15 is 0 Å². The molecule has 41 heavy (non-hydrogen) atoms. The highest BCUT2D eigenvalue weighted by atomic mass is 79.9. The zero-order chi connectivity index (χ0) is 29.3. The Morgan fingerprint density at radius 2 is 1.93 bits per heavy atom. The number of hydrogen-bond acceptors (Lipinski definition) is 6. The number of thiophene rings is 1. The van der Waals surface area contributed by atoms with Gasteiger partial charge in [-0.25, -0.2) is 4.98 Å². The SMILES string of the molecule is O=C(Nc1ccc(C(F)(F)F)cn1)c1ccc(CN2C(=O)c3sc(Br)cc3CC(=O)[C@H]2Cc2ccccn2)cc1Cl. The molecule has 210 valence electrons. The van der Waals surface area contributed by atoms with Crippen molar-refractivity contribution in [1.82, 2.24) is 14.9 Å². The summed E-state index contributed by atoms with van der Waals surface area (Å²) < 4.78 is 39.1. The molecule has 0 radical (unpaired) electrons. The van der Waals surface area contributed by atoms with Crippen molar-refractivity contribution in [3.05, 3.63) is 109 Å². The number of nitrogens with zero attached hydrogens (tertiary/aromatic N) is 3. The van der Waals surface area contributed by atoms with E-state index < -0.39 is 23.7 Å². The van der Waals surface area contributed by atoms with E-state index in [2.05, 4.69) is 31.2 Å². The Hall–Kier alpha value is -3.61. The van der Waals surface area contributed by atoms with Crippen LogP contribution in [0.2, 0.25) is 5.02 Å². The number of carbonyl (C=O) groups is 3. The van der Waals surface area contributed by atoms with Gasteiger partial charge in [-0.3, -0.25) is 19.4 Å². The molecule has 4 heterocycles. The van der Waals surface area contributed by atoms with Crippen LogP contribution < -0.4 is 5.32 Å². The number of aromatic nitrogens is 2. The van der Waals surface area contributed by atoms with Crippen molar-refractivity contribution in [2.75, 3.05) is 5.32 Å². The van der Waals surface area contributed by atoms with Crippen molar-refractivity contribution in [2.24, 2.45) is 0 Å². The van der Waals surface area contributed by atoms with Gasteiger partial charge >= 0.3 is 6.18 Å². The summed E-state index contributed by atoms with van der Waals surface area (Å²) >= 11 is 11.1. The van der Waals surface area contributed by atoms with E-state index in [4.69, 9.17) is 11.6 Å². The van der Waals surface area contributed by atoms with Gasteiger partial charge in [0.1, 0.15) is 5.82 Å². The molecule has 0 fully saturated rings. The second kappa shape index (κ2) is 11.7. The van der Waals surface area contributed by atoms with Gasteiger partial charge in [0, 0.05) is 37.5 Å². The van der Waals surface area contributed by atoms with Crippen LogP contribution in [0.5, 0.6) is 0 Å². The van der Waals surface area contributed by atoms with E-state index in [-0.39, 0.29) is 47.5 Å². The van der Waals surface area contributed by atoms with Gasteiger partial charge in [-0.05, 0) is 69.5 Å². The van der Waals surface area contributed by atoms with Crippen LogP contribution in [-0.4, -0.2) is 38.5 Å². The molecule has 4 aromatic rings.